The Morgan fingerprint density at radius 1 is 1.00 bits per heavy atom. The molecule has 0 unspecified atom stereocenters. The van der Waals surface area contributed by atoms with Crippen molar-refractivity contribution in [2.45, 2.75) is 31.7 Å². The summed E-state index contributed by atoms with van der Waals surface area (Å²) in [5.41, 5.74) is 7.52. The summed E-state index contributed by atoms with van der Waals surface area (Å²) in [7, 11) is 1.43. The van der Waals surface area contributed by atoms with Crippen molar-refractivity contribution in [3.05, 3.63) is 72.1 Å². The smallest absolute Gasteiger partial charge is 0.308 e. The number of hydrogen-bond acceptors (Lipinski definition) is 8. The lowest BCUT2D eigenvalue weighted by atomic mass is 9.86. The molecule has 8 nitrogen and oxygen atoms in total. The van der Waals surface area contributed by atoms with Crippen molar-refractivity contribution in [1.29, 1.82) is 5.41 Å². The van der Waals surface area contributed by atoms with Crippen molar-refractivity contribution >= 4 is 23.3 Å². The molecular weight excluding hydrogens is 418 g/mol. The molecule has 0 saturated heterocycles. The average Bonchev–Trinajstić information content (AvgIpc) is 2.85. The lowest BCUT2D eigenvalue weighted by Crippen LogP contribution is -2.31. The lowest BCUT2D eigenvalue weighted by Gasteiger charge is -2.28. The number of nitrogens with zero attached hydrogens (tertiary/aromatic N) is 2. The van der Waals surface area contributed by atoms with Crippen LogP contribution in [0.5, 0.6) is 11.5 Å². The summed E-state index contributed by atoms with van der Waals surface area (Å²) in [5, 5.41) is 12.2. The van der Waals surface area contributed by atoms with Crippen molar-refractivity contribution in [3.8, 4) is 11.5 Å². The predicted octanol–water partition coefficient (Wildman–Crippen LogP) is 4.41. The van der Waals surface area contributed by atoms with Crippen LogP contribution in [0, 0.1) is 11.3 Å². The van der Waals surface area contributed by atoms with Crippen LogP contribution in [-0.4, -0.2) is 34.8 Å². The van der Waals surface area contributed by atoms with E-state index >= 15 is 0 Å². The SMILES string of the molecule is COC(=O)C1CCC(Nc2ncnc(N)c2C(=N)c2ccc(Oc3ccccc3)cc2)CC1. The molecule has 2 aromatic carbocycles. The summed E-state index contributed by atoms with van der Waals surface area (Å²) in [6.07, 6.45) is 4.51. The first-order valence-corrected chi connectivity index (χ1v) is 10.9. The van der Waals surface area contributed by atoms with Crippen LogP contribution in [-0.2, 0) is 9.53 Å². The molecule has 1 fully saturated rings. The highest BCUT2D eigenvalue weighted by Crippen LogP contribution is 2.30. The number of anilines is 2. The molecule has 170 valence electrons. The Kier molecular flexibility index (Phi) is 6.83. The number of para-hydroxylation sites is 1. The van der Waals surface area contributed by atoms with E-state index in [9.17, 15) is 4.79 Å². The molecule has 1 aliphatic carbocycles. The summed E-state index contributed by atoms with van der Waals surface area (Å²) in [4.78, 5) is 20.2. The molecule has 0 amide bonds. The molecular formula is C25H27N5O3. The first-order valence-electron chi connectivity index (χ1n) is 10.9. The molecule has 8 heteroatoms. The molecule has 0 spiro atoms. The zero-order valence-electron chi connectivity index (χ0n) is 18.5. The second-order valence-corrected chi connectivity index (χ2v) is 8.01. The van der Waals surface area contributed by atoms with Gasteiger partial charge in [-0.15, -0.1) is 0 Å². The van der Waals surface area contributed by atoms with E-state index in [4.69, 9.17) is 20.6 Å². The lowest BCUT2D eigenvalue weighted by molar-refractivity contribution is -0.146. The topological polar surface area (TPSA) is 123 Å². The van der Waals surface area contributed by atoms with Gasteiger partial charge in [-0.25, -0.2) is 9.97 Å². The molecule has 3 aromatic rings. The number of nitrogens with two attached hydrogens (primary N) is 1. The standard InChI is InChI=1S/C25H27N5O3/c1-32-25(31)17-7-11-18(12-8-17)30-24-21(23(27)28-15-29-24)22(26)16-9-13-20(14-10-16)33-19-5-3-2-4-6-19/h2-6,9-10,13-15,17-18,26H,7-8,11-12H2,1H3,(H3,27,28,29,30). The average molecular weight is 446 g/mol. The fraction of sp³-hybridized carbons (Fsp3) is 0.280. The Bertz CT molecular complexity index is 1110. The van der Waals surface area contributed by atoms with Crippen LogP contribution in [0.15, 0.2) is 60.9 Å². The zero-order valence-corrected chi connectivity index (χ0v) is 18.5. The third-order valence-electron chi connectivity index (χ3n) is 5.85. The monoisotopic (exact) mass is 445 g/mol. The summed E-state index contributed by atoms with van der Waals surface area (Å²) in [5.74, 6) is 1.98. The van der Waals surface area contributed by atoms with Gasteiger partial charge in [-0.1, -0.05) is 18.2 Å². The zero-order chi connectivity index (χ0) is 23.2. The molecule has 1 aromatic heterocycles. The van der Waals surface area contributed by atoms with Crippen molar-refractivity contribution in [2.24, 2.45) is 5.92 Å². The van der Waals surface area contributed by atoms with E-state index in [-0.39, 0.29) is 29.5 Å². The predicted molar refractivity (Wildman–Crippen MR) is 127 cm³/mol. The fourth-order valence-electron chi connectivity index (χ4n) is 4.05. The fourth-order valence-corrected chi connectivity index (χ4v) is 4.05. The Labute approximate surface area is 192 Å². The molecule has 0 aliphatic heterocycles. The highest BCUT2D eigenvalue weighted by molar-refractivity contribution is 6.16. The summed E-state index contributed by atoms with van der Waals surface area (Å²) in [6.45, 7) is 0. The largest absolute Gasteiger partial charge is 0.469 e. The minimum Gasteiger partial charge on any atom is -0.469 e. The van der Waals surface area contributed by atoms with E-state index in [1.54, 1.807) is 0 Å². The van der Waals surface area contributed by atoms with Gasteiger partial charge in [0, 0.05) is 11.6 Å². The van der Waals surface area contributed by atoms with Gasteiger partial charge in [0.15, 0.2) is 0 Å². The normalized spacial score (nSPS) is 17.7. The molecule has 0 radical (unpaired) electrons. The van der Waals surface area contributed by atoms with Gasteiger partial charge in [0.1, 0.15) is 29.5 Å². The number of carbonyl (C=O) groups excluding carboxylic acids is 1. The Morgan fingerprint density at radius 2 is 1.67 bits per heavy atom. The number of methoxy groups -OCH3 is 1. The molecule has 1 saturated carbocycles. The van der Waals surface area contributed by atoms with Gasteiger partial charge in [-0.2, -0.15) is 0 Å². The van der Waals surface area contributed by atoms with Crippen molar-refractivity contribution in [3.63, 3.8) is 0 Å². The molecule has 4 N–H and O–H groups in total. The number of esters is 1. The van der Waals surface area contributed by atoms with Gasteiger partial charge < -0.3 is 20.5 Å². The third-order valence-corrected chi connectivity index (χ3v) is 5.85. The highest BCUT2D eigenvalue weighted by atomic mass is 16.5. The van der Waals surface area contributed by atoms with E-state index in [1.165, 1.54) is 13.4 Å². The number of ether oxygens (including phenoxy) is 2. The van der Waals surface area contributed by atoms with Crippen LogP contribution in [0.25, 0.3) is 0 Å². The van der Waals surface area contributed by atoms with Crippen LogP contribution >= 0.6 is 0 Å². The van der Waals surface area contributed by atoms with E-state index in [0.717, 1.165) is 31.4 Å². The maximum Gasteiger partial charge on any atom is 0.308 e. The number of benzene rings is 2. The van der Waals surface area contributed by atoms with Gasteiger partial charge in [0.05, 0.1) is 24.3 Å². The molecule has 33 heavy (non-hydrogen) atoms. The minimum atomic E-state index is -0.151. The number of hydrogen-bond donors (Lipinski definition) is 3. The van der Waals surface area contributed by atoms with Crippen LogP contribution in [0.3, 0.4) is 0 Å². The summed E-state index contributed by atoms with van der Waals surface area (Å²) >= 11 is 0. The van der Waals surface area contributed by atoms with Crippen LogP contribution in [0.4, 0.5) is 11.6 Å². The van der Waals surface area contributed by atoms with Crippen molar-refractivity contribution < 1.29 is 14.3 Å². The van der Waals surface area contributed by atoms with Crippen molar-refractivity contribution in [2.75, 3.05) is 18.2 Å². The van der Waals surface area contributed by atoms with Crippen molar-refractivity contribution in [1.82, 2.24) is 9.97 Å². The first kappa shape index (κ1) is 22.3. The van der Waals surface area contributed by atoms with Crippen LogP contribution < -0.4 is 15.8 Å². The Hall–Kier alpha value is -3.94. The molecule has 4 rings (SSSR count). The van der Waals surface area contributed by atoms with Crippen LogP contribution in [0.2, 0.25) is 0 Å². The quantitative estimate of drug-likeness (QED) is 0.363. The molecule has 0 atom stereocenters. The third kappa shape index (κ3) is 5.28. The highest BCUT2D eigenvalue weighted by Gasteiger charge is 2.28. The minimum absolute atomic E-state index is 0.0575. The summed E-state index contributed by atoms with van der Waals surface area (Å²) < 4.78 is 10.7. The van der Waals surface area contributed by atoms with E-state index in [2.05, 4.69) is 15.3 Å². The second-order valence-electron chi connectivity index (χ2n) is 8.01. The van der Waals surface area contributed by atoms with Gasteiger partial charge in [-0.3, -0.25) is 10.2 Å². The molecule has 1 heterocycles. The van der Waals surface area contributed by atoms with Gasteiger partial charge in [-0.05, 0) is 62.1 Å². The number of nitrogen functional groups attached to an aromatic ring is 1. The van der Waals surface area contributed by atoms with E-state index < -0.39 is 0 Å². The first-order chi connectivity index (χ1) is 16.0. The van der Waals surface area contributed by atoms with E-state index in [1.807, 2.05) is 54.6 Å². The Morgan fingerprint density at radius 3 is 2.33 bits per heavy atom. The van der Waals surface area contributed by atoms with Gasteiger partial charge >= 0.3 is 5.97 Å². The van der Waals surface area contributed by atoms with E-state index in [0.29, 0.717) is 22.7 Å². The van der Waals surface area contributed by atoms with Gasteiger partial charge in [0.25, 0.3) is 0 Å². The molecule has 0 bridgehead atoms. The number of carbonyl (C=O) groups is 1. The van der Waals surface area contributed by atoms with Gasteiger partial charge in [0.2, 0.25) is 0 Å². The maximum absolute atomic E-state index is 11.8. The number of nitrogens with one attached hydrogen (secondary N) is 2. The maximum atomic E-state index is 11.8. The summed E-state index contributed by atoms with van der Waals surface area (Å²) in [6, 6.07) is 16.9. The number of aromatic nitrogens is 2. The number of rotatable bonds is 7. The van der Waals surface area contributed by atoms with Crippen LogP contribution in [0.1, 0.15) is 36.8 Å². The second kappa shape index (κ2) is 10.1. The molecule has 1 aliphatic rings. The Balaban J connectivity index is 1.47.